The lowest BCUT2D eigenvalue weighted by Gasteiger charge is -2.22. The summed E-state index contributed by atoms with van der Waals surface area (Å²) in [7, 11) is 0. The van der Waals surface area contributed by atoms with Crippen molar-refractivity contribution in [1.82, 2.24) is 0 Å². The van der Waals surface area contributed by atoms with Crippen LogP contribution in [0.15, 0.2) is 30.3 Å². The van der Waals surface area contributed by atoms with Gasteiger partial charge in [-0.25, -0.2) is 5.06 Å². The van der Waals surface area contributed by atoms with Crippen LogP contribution in [0.1, 0.15) is 12.8 Å². The van der Waals surface area contributed by atoms with Gasteiger partial charge in [-0.3, -0.25) is 9.63 Å². The fourth-order valence-electron chi connectivity index (χ4n) is 1.89. The van der Waals surface area contributed by atoms with E-state index in [1.54, 1.807) is 0 Å². The Morgan fingerprint density at radius 2 is 2.24 bits per heavy atom. The molecule has 1 amide bonds. The fourth-order valence-corrected chi connectivity index (χ4v) is 1.89. The summed E-state index contributed by atoms with van der Waals surface area (Å²) >= 11 is 0. The standard InChI is InChI=1S/C12H13N3O2/c13-7-6-10-8-11(12(14)16)15(17-10)9-4-2-1-3-5-9/h1-5,10-11H,6,8H2,(H2,14,16). The Morgan fingerprint density at radius 1 is 1.53 bits per heavy atom. The van der Waals surface area contributed by atoms with Crippen molar-refractivity contribution in [3.8, 4) is 6.07 Å². The minimum absolute atomic E-state index is 0.257. The highest BCUT2D eigenvalue weighted by Gasteiger charge is 2.37. The van der Waals surface area contributed by atoms with E-state index >= 15 is 0 Å². The zero-order chi connectivity index (χ0) is 12.3. The minimum atomic E-state index is -0.504. The number of nitriles is 1. The maximum absolute atomic E-state index is 11.4. The van der Waals surface area contributed by atoms with E-state index in [9.17, 15) is 4.79 Å². The van der Waals surface area contributed by atoms with Crippen molar-refractivity contribution in [1.29, 1.82) is 5.26 Å². The van der Waals surface area contributed by atoms with E-state index in [1.165, 1.54) is 5.06 Å². The summed E-state index contributed by atoms with van der Waals surface area (Å²) in [5.74, 6) is -0.436. The molecule has 1 aromatic carbocycles. The van der Waals surface area contributed by atoms with Crippen LogP contribution in [0, 0.1) is 11.3 Å². The monoisotopic (exact) mass is 231 g/mol. The van der Waals surface area contributed by atoms with Crippen LogP contribution in [-0.4, -0.2) is 18.1 Å². The molecule has 2 rings (SSSR count). The maximum Gasteiger partial charge on any atom is 0.242 e. The molecule has 1 saturated heterocycles. The number of nitrogens with zero attached hydrogens (tertiary/aromatic N) is 2. The number of rotatable bonds is 3. The Morgan fingerprint density at radius 3 is 2.82 bits per heavy atom. The van der Waals surface area contributed by atoms with Crippen molar-refractivity contribution >= 4 is 11.6 Å². The minimum Gasteiger partial charge on any atom is -0.368 e. The second-order valence-electron chi connectivity index (χ2n) is 3.90. The van der Waals surface area contributed by atoms with Gasteiger partial charge in [0.15, 0.2) is 0 Å². The molecule has 1 aromatic rings. The van der Waals surface area contributed by atoms with Crippen molar-refractivity contribution in [3.05, 3.63) is 30.3 Å². The summed E-state index contributed by atoms with van der Waals surface area (Å²) in [6.07, 6.45) is 0.447. The highest BCUT2D eigenvalue weighted by molar-refractivity contribution is 5.83. The van der Waals surface area contributed by atoms with Gasteiger partial charge in [-0.05, 0) is 12.1 Å². The van der Waals surface area contributed by atoms with Crippen LogP contribution in [0.25, 0.3) is 0 Å². The highest BCUT2D eigenvalue weighted by atomic mass is 16.7. The van der Waals surface area contributed by atoms with E-state index in [0.717, 1.165) is 5.69 Å². The predicted octanol–water partition coefficient (Wildman–Crippen LogP) is 0.964. The van der Waals surface area contributed by atoms with Gasteiger partial charge in [-0.15, -0.1) is 0 Å². The van der Waals surface area contributed by atoms with Crippen molar-refractivity contribution in [2.24, 2.45) is 5.73 Å². The molecule has 0 bridgehead atoms. The molecule has 0 spiro atoms. The maximum atomic E-state index is 11.4. The van der Waals surface area contributed by atoms with Gasteiger partial charge in [0, 0.05) is 6.42 Å². The second-order valence-corrected chi connectivity index (χ2v) is 3.90. The molecule has 1 fully saturated rings. The molecule has 1 aliphatic rings. The molecule has 0 radical (unpaired) electrons. The van der Waals surface area contributed by atoms with E-state index in [-0.39, 0.29) is 12.5 Å². The first-order chi connectivity index (χ1) is 8.22. The van der Waals surface area contributed by atoms with Gasteiger partial charge in [0.2, 0.25) is 5.91 Å². The van der Waals surface area contributed by atoms with Crippen LogP contribution in [0.3, 0.4) is 0 Å². The van der Waals surface area contributed by atoms with Crippen LogP contribution in [-0.2, 0) is 9.63 Å². The number of para-hydroxylation sites is 1. The zero-order valence-corrected chi connectivity index (χ0v) is 9.24. The molecule has 2 N–H and O–H groups in total. The molecular formula is C12H13N3O2. The van der Waals surface area contributed by atoms with E-state index in [1.807, 2.05) is 36.4 Å². The summed E-state index contributed by atoms with van der Waals surface area (Å²) in [5, 5.41) is 10.1. The Labute approximate surface area is 99.3 Å². The van der Waals surface area contributed by atoms with Crippen molar-refractivity contribution in [3.63, 3.8) is 0 Å². The fraction of sp³-hybridized carbons (Fsp3) is 0.333. The average Bonchev–Trinajstić information content (AvgIpc) is 2.75. The molecule has 0 aliphatic carbocycles. The molecule has 2 unspecified atom stereocenters. The largest absolute Gasteiger partial charge is 0.368 e. The molecule has 5 nitrogen and oxygen atoms in total. The molecule has 1 aliphatic heterocycles. The number of carbonyl (C=O) groups is 1. The number of carbonyl (C=O) groups excluding carboxylic acids is 1. The summed E-state index contributed by atoms with van der Waals surface area (Å²) < 4.78 is 0. The Balaban J connectivity index is 2.20. The second kappa shape index (κ2) is 4.85. The molecular weight excluding hydrogens is 218 g/mol. The van der Waals surface area contributed by atoms with Gasteiger partial charge in [-0.1, -0.05) is 18.2 Å². The third-order valence-corrected chi connectivity index (χ3v) is 2.69. The molecule has 0 saturated carbocycles. The summed E-state index contributed by atoms with van der Waals surface area (Å²) in [6, 6.07) is 10.8. The number of nitrogens with two attached hydrogens (primary N) is 1. The van der Waals surface area contributed by atoms with Gasteiger partial charge < -0.3 is 5.73 Å². The third kappa shape index (κ3) is 2.37. The van der Waals surface area contributed by atoms with Crippen LogP contribution in [0.5, 0.6) is 0 Å². The summed E-state index contributed by atoms with van der Waals surface area (Å²) in [4.78, 5) is 16.9. The number of primary amides is 1. The number of benzene rings is 1. The highest BCUT2D eigenvalue weighted by Crippen LogP contribution is 2.28. The van der Waals surface area contributed by atoms with E-state index in [2.05, 4.69) is 0 Å². The predicted molar refractivity (Wildman–Crippen MR) is 61.6 cm³/mol. The number of anilines is 1. The Hall–Kier alpha value is -2.06. The first kappa shape index (κ1) is 11.4. The molecule has 0 aromatic heterocycles. The lowest BCUT2D eigenvalue weighted by Crippen LogP contribution is -2.39. The van der Waals surface area contributed by atoms with Gasteiger partial charge in [0.1, 0.15) is 12.1 Å². The van der Waals surface area contributed by atoms with Crippen LogP contribution in [0.4, 0.5) is 5.69 Å². The van der Waals surface area contributed by atoms with Crippen molar-refractivity contribution in [2.75, 3.05) is 5.06 Å². The third-order valence-electron chi connectivity index (χ3n) is 2.69. The van der Waals surface area contributed by atoms with Gasteiger partial charge in [-0.2, -0.15) is 5.26 Å². The van der Waals surface area contributed by atoms with E-state index in [0.29, 0.717) is 6.42 Å². The first-order valence-corrected chi connectivity index (χ1v) is 5.39. The van der Waals surface area contributed by atoms with Crippen LogP contribution < -0.4 is 10.8 Å². The summed E-state index contributed by atoms with van der Waals surface area (Å²) in [6.45, 7) is 0. The van der Waals surface area contributed by atoms with E-state index in [4.69, 9.17) is 15.8 Å². The smallest absolute Gasteiger partial charge is 0.242 e. The SMILES string of the molecule is N#CCC1CC(C(N)=O)N(c2ccccc2)O1. The lowest BCUT2D eigenvalue weighted by atomic mass is 10.1. The zero-order valence-electron chi connectivity index (χ0n) is 9.24. The Bertz CT molecular complexity index is 441. The molecule has 88 valence electrons. The normalized spacial score (nSPS) is 23.4. The molecule has 5 heteroatoms. The number of hydrogen-bond acceptors (Lipinski definition) is 4. The average molecular weight is 231 g/mol. The molecule has 2 atom stereocenters. The van der Waals surface area contributed by atoms with Crippen LogP contribution >= 0.6 is 0 Å². The molecule has 17 heavy (non-hydrogen) atoms. The van der Waals surface area contributed by atoms with Gasteiger partial charge in [0.05, 0.1) is 18.2 Å². The van der Waals surface area contributed by atoms with Gasteiger partial charge in [0.25, 0.3) is 0 Å². The number of hydrogen-bond donors (Lipinski definition) is 1. The summed E-state index contributed by atoms with van der Waals surface area (Å²) in [5.41, 5.74) is 6.12. The van der Waals surface area contributed by atoms with Crippen LogP contribution in [0.2, 0.25) is 0 Å². The quantitative estimate of drug-likeness (QED) is 0.840. The Kier molecular flexibility index (Phi) is 3.26. The van der Waals surface area contributed by atoms with Gasteiger partial charge >= 0.3 is 0 Å². The number of amides is 1. The van der Waals surface area contributed by atoms with Crippen molar-refractivity contribution < 1.29 is 9.63 Å². The lowest BCUT2D eigenvalue weighted by molar-refractivity contribution is -0.119. The topological polar surface area (TPSA) is 79.3 Å². The van der Waals surface area contributed by atoms with Crippen molar-refractivity contribution in [2.45, 2.75) is 25.0 Å². The van der Waals surface area contributed by atoms with E-state index < -0.39 is 11.9 Å². The molecule has 1 heterocycles. The number of hydroxylamine groups is 1. The first-order valence-electron chi connectivity index (χ1n) is 5.39.